The summed E-state index contributed by atoms with van der Waals surface area (Å²) in [6.07, 6.45) is 1.64. The van der Waals surface area contributed by atoms with Crippen molar-refractivity contribution in [2.24, 2.45) is 0 Å². The Kier molecular flexibility index (Phi) is 3.65. The van der Waals surface area contributed by atoms with Crippen molar-refractivity contribution in [1.82, 2.24) is 14.8 Å². The van der Waals surface area contributed by atoms with E-state index in [1.165, 1.54) is 22.9 Å². The first-order chi connectivity index (χ1) is 13.6. The molecule has 3 nitrogen and oxygen atoms in total. The third-order valence-electron chi connectivity index (χ3n) is 4.65. The molecule has 5 rings (SSSR count). The highest BCUT2D eigenvalue weighted by Gasteiger charge is 2.19. The standard InChI is InChI=1S/C22H12F3N3/c23-14-6-8-19-16(10-14)22-17(12-26-19)21(13-4-2-1-3-5-13)27-28(22)20-9-7-15(24)11-18(20)25/h1-12H. The van der Waals surface area contributed by atoms with Crippen molar-refractivity contribution in [2.75, 3.05) is 0 Å². The number of pyridine rings is 1. The van der Waals surface area contributed by atoms with Gasteiger partial charge in [0.05, 0.1) is 11.0 Å². The molecule has 28 heavy (non-hydrogen) atoms. The molecule has 0 amide bonds. The van der Waals surface area contributed by atoms with E-state index in [1.54, 1.807) is 12.3 Å². The predicted molar refractivity (Wildman–Crippen MR) is 102 cm³/mol. The summed E-state index contributed by atoms with van der Waals surface area (Å²) in [6, 6.07) is 16.9. The summed E-state index contributed by atoms with van der Waals surface area (Å²) in [4.78, 5) is 4.41. The largest absolute Gasteiger partial charge is 0.255 e. The number of rotatable bonds is 2. The first kappa shape index (κ1) is 16.5. The van der Waals surface area contributed by atoms with Crippen LogP contribution >= 0.6 is 0 Å². The zero-order valence-corrected chi connectivity index (χ0v) is 14.4. The van der Waals surface area contributed by atoms with Gasteiger partial charge in [0, 0.05) is 28.6 Å². The third kappa shape index (κ3) is 2.53. The summed E-state index contributed by atoms with van der Waals surface area (Å²) < 4.78 is 43.4. The Hall–Kier alpha value is -3.67. The average molecular weight is 375 g/mol. The molecule has 0 aliphatic carbocycles. The van der Waals surface area contributed by atoms with Crippen molar-refractivity contribution >= 4 is 21.8 Å². The van der Waals surface area contributed by atoms with Crippen LogP contribution in [0.25, 0.3) is 38.8 Å². The van der Waals surface area contributed by atoms with E-state index in [4.69, 9.17) is 0 Å². The lowest BCUT2D eigenvalue weighted by Crippen LogP contribution is -2.01. The Morgan fingerprint density at radius 2 is 1.50 bits per heavy atom. The van der Waals surface area contributed by atoms with Crippen LogP contribution in [0.3, 0.4) is 0 Å². The van der Waals surface area contributed by atoms with Crippen LogP contribution in [0.15, 0.2) is 72.9 Å². The fourth-order valence-electron chi connectivity index (χ4n) is 3.39. The van der Waals surface area contributed by atoms with Gasteiger partial charge in [0.2, 0.25) is 0 Å². The number of nitrogens with zero attached hydrogens (tertiary/aromatic N) is 3. The molecule has 6 heteroatoms. The van der Waals surface area contributed by atoms with Crippen molar-refractivity contribution in [3.05, 3.63) is 90.4 Å². The molecule has 5 aromatic rings. The lowest BCUT2D eigenvalue weighted by atomic mass is 10.1. The fourth-order valence-corrected chi connectivity index (χ4v) is 3.39. The molecule has 0 atom stereocenters. The molecule has 0 bridgehead atoms. The van der Waals surface area contributed by atoms with Crippen LogP contribution in [-0.2, 0) is 0 Å². The number of aromatic nitrogens is 3. The van der Waals surface area contributed by atoms with Gasteiger partial charge in [-0.2, -0.15) is 5.10 Å². The smallest absolute Gasteiger partial charge is 0.151 e. The van der Waals surface area contributed by atoms with Gasteiger partial charge in [0.1, 0.15) is 23.0 Å². The summed E-state index contributed by atoms with van der Waals surface area (Å²) in [5.74, 6) is -1.88. The van der Waals surface area contributed by atoms with Crippen LogP contribution in [0.2, 0.25) is 0 Å². The SMILES string of the molecule is Fc1ccc(-n2nc(-c3ccccc3)c3cnc4ccc(F)cc4c32)c(F)c1. The number of hydrogen-bond acceptors (Lipinski definition) is 2. The van der Waals surface area contributed by atoms with Gasteiger partial charge in [-0.3, -0.25) is 4.98 Å². The summed E-state index contributed by atoms with van der Waals surface area (Å²) in [6.45, 7) is 0. The molecule has 0 N–H and O–H groups in total. The van der Waals surface area contributed by atoms with Gasteiger partial charge in [-0.15, -0.1) is 0 Å². The van der Waals surface area contributed by atoms with Gasteiger partial charge >= 0.3 is 0 Å². The number of fused-ring (bicyclic) bond motifs is 3. The normalized spacial score (nSPS) is 11.4. The minimum atomic E-state index is -0.759. The molecule has 0 spiro atoms. The maximum atomic E-state index is 14.6. The van der Waals surface area contributed by atoms with Crippen molar-refractivity contribution < 1.29 is 13.2 Å². The monoisotopic (exact) mass is 375 g/mol. The summed E-state index contributed by atoms with van der Waals surface area (Å²) >= 11 is 0. The molecular formula is C22H12F3N3. The molecular weight excluding hydrogens is 363 g/mol. The lowest BCUT2D eigenvalue weighted by Gasteiger charge is -2.07. The second-order valence-corrected chi connectivity index (χ2v) is 6.40. The predicted octanol–water partition coefficient (Wildman–Crippen LogP) is 5.66. The second kappa shape index (κ2) is 6.20. The van der Waals surface area contributed by atoms with Gasteiger partial charge in [-0.1, -0.05) is 30.3 Å². The Morgan fingerprint density at radius 1 is 0.750 bits per heavy atom. The molecule has 136 valence electrons. The van der Waals surface area contributed by atoms with E-state index in [-0.39, 0.29) is 5.69 Å². The van der Waals surface area contributed by atoms with E-state index in [9.17, 15) is 13.2 Å². The average Bonchev–Trinajstić information content (AvgIpc) is 3.08. The number of hydrogen-bond donors (Lipinski definition) is 0. The minimum absolute atomic E-state index is 0.0744. The van der Waals surface area contributed by atoms with Crippen LogP contribution in [0.5, 0.6) is 0 Å². The lowest BCUT2D eigenvalue weighted by molar-refractivity contribution is 0.575. The second-order valence-electron chi connectivity index (χ2n) is 6.40. The molecule has 0 aliphatic heterocycles. The molecule has 0 fully saturated rings. The molecule has 0 saturated carbocycles. The fraction of sp³-hybridized carbons (Fsp3) is 0. The first-order valence-electron chi connectivity index (χ1n) is 8.59. The Balaban J connectivity index is 1.94. The maximum absolute atomic E-state index is 14.6. The van der Waals surface area contributed by atoms with E-state index in [0.29, 0.717) is 27.5 Å². The van der Waals surface area contributed by atoms with Crippen molar-refractivity contribution in [2.45, 2.75) is 0 Å². The summed E-state index contributed by atoms with van der Waals surface area (Å²) in [5, 5.41) is 5.73. The number of halogens is 3. The molecule has 2 heterocycles. The van der Waals surface area contributed by atoms with Crippen molar-refractivity contribution in [1.29, 1.82) is 0 Å². The third-order valence-corrected chi connectivity index (χ3v) is 4.65. The zero-order chi connectivity index (χ0) is 19.3. The minimum Gasteiger partial charge on any atom is -0.255 e. The molecule has 0 saturated heterocycles. The highest BCUT2D eigenvalue weighted by Crippen LogP contribution is 2.34. The van der Waals surface area contributed by atoms with Crippen LogP contribution in [0.4, 0.5) is 13.2 Å². The molecule has 3 aromatic carbocycles. The summed E-state index contributed by atoms with van der Waals surface area (Å²) in [5.41, 5.74) is 2.53. The summed E-state index contributed by atoms with van der Waals surface area (Å²) in [7, 11) is 0. The van der Waals surface area contributed by atoms with Gasteiger partial charge in [0.15, 0.2) is 5.82 Å². The molecule has 2 aromatic heterocycles. The highest BCUT2D eigenvalue weighted by atomic mass is 19.1. The molecule has 0 radical (unpaired) electrons. The molecule has 0 aliphatic rings. The van der Waals surface area contributed by atoms with E-state index in [0.717, 1.165) is 17.7 Å². The molecule has 0 unspecified atom stereocenters. The Labute approximate surface area is 157 Å². The van der Waals surface area contributed by atoms with Crippen molar-refractivity contribution in [3.8, 4) is 16.9 Å². The highest BCUT2D eigenvalue weighted by molar-refractivity contribution is 6.08. The van der Waals surface area contributed by atoms with Crippen LogP contribution < -0.4 is 0 Å². The topological polar surface area (TPSA) is 30.7 Å². The Morgan fingerprint density at radius 3 is 2.29 bits per heavy atom. The van der Waals surface area contributed by atoms with Crippen molar-refractivity contribution in [3.63, 3.8) is 0 Å². The van der Waals surface area contributed by atoms with Gasteiger partial charge in [-0.05, 0) is 30.3 Å². The van der Waals surface area contributed by atoms with Gasteiger partial charge < -0.3 is 0 Å². The zero-order valence-electron chi connectivity index (χ0n) is 14.4. The van der Waals surface area contributed by atoms with Crippen LogP contribution in [0.1, 0.15) is 0 Å². The van der Waals surface area contributed by atoms with Gasteiger partial charge in [0.25, 0.3) is 0 Å². The quantitative estimate of drug-likeness (QED) is 0.399. The number of benzene rings is 3. The van der Waals surface area contributed by atoms with E-state index < -0.39 is 17.5 Å². The maximum Gasteiger partial charge on any atom is 0.151 e. The van der Waals surface area contributed by atoms with E-state index >= 15 is 0 Å². The van der Waals surface area contributed by atoms with E-state index in [1.807, 2.05) is 30.3 Å². The Bertz CT molecular complexity index is 1340. The van der Waals surface area contributed by atoms with Gasteiger partial charge in [-0.25, -0.2) is 17.9 Å². The van der Waals surface area contributed by atoms with Crippen LogP contribution in [0, 0.1) is 17.5 Å². The first-order valence-corrected chi connectivity index (χ1v) is 8.59. The van der Waals surface area contributed by atoms with E-state index in [2.05, 4.69) is 10.1 Å². The van der Waals surface area contributed by atoms with Crippen LogP contribution in [-0.4, -0.2) is 14.8 Å².